The van der Waals surface area contributed by atoms with Gasteiger partial charge < -0.3 is 9.64 Å². The minimum absolute atomic E-state index is 0.155. The van der Waals surface area contributed by atoms with Crippen molar-refractivity contribution in [1.82, 2.24) is 10.2 Å². The Hall–Kier alpha value is -4.46. The molecule has 2 N–H and O–H groups in total. The van der Waals surface area contributed by atoms with Gasteiger partial charge in [-0.3, -0.25) is 25.0 Å². The summed E-state index contributed by atoms with van der Waals surface area (Å²) in [6, 6.07) is 21.3. The van der Waals surface area contributed by atoms with Crippen molar-refractivity contribution in [3.63, 3.8) is 0 Å². The predicted molar refractivity (Wildman–Crippen MR) is 124 cm³/mol. The van der Waals surface area contributed by atoms with E-state index >= 15 is 0 Å². The van der Waals surface area contributed by atoms with Crippen LogP contribution >= 0.6 is 0 Å². The number of ether oxygens (including phenoxy) is 1. The lowest BCUT2D eigenvalue weighted by Crippen LogP contribution is -2.52. The van der Waals surface area contributed by atoms with Gasteiger partial charge in [-0.25, -0.2) is 4.79 Å². The Morgan fingerprint density at radius 3 is 2.38 bits per heavy atom. The second-order valence-corrected chi connectivity index (χ2v) is 8.14. The topological polar surface area (TPSA) is 105 Å². The van der Waals surface area contributed by atoms with Crippen molar-refractivity contribution in [1.29, 1.82) is 0 Å². The number of fused-ring (bicyclic) bond motifs is 1. The van der Waals surface area contributed by atoms with Gasteiger partial charge in [0.15, 0.2) is 0 Å². The first kappa shape index (κ1) is 21.4. The molecular weight excluding hydrogens is 434 g/mol. The fraction of sp³-hybridized carbons (Fsp3) is 0.154. The minimum atomic E-state index is -0.722. The lowest BCUT2D eigenvalue weighted by Gasteiger charge is -2.29. The van der Waals surface area contributed by atoms with E-state index in [0.717, 1.165) is 11.1 Å². The van der Waals surface area contributed by atoms with Crippen LogP contribution in [0.4, 0.5) is 10.5 Å². The maximum atomic E-state index is 12.9. The highest BCUT2D eigenvalue weighted by Gasteiger charge is 2.40. The fourth-order valence-corrected chi connectivity index (χ4v) is 4.29. The second-order valence-electron chi connectivity index (χ2n) is 8.14. The molecule has 2 aliphatic rings. The van der Waals surface area contributed by atoms with Crippen LogP contribution in [-0.2, 0) is 16.1 Å². The predicted octanol–water partition coefficient (Wildman–Crippen LogP) is 3.73. The molecule has 3 aromatic rings. The molecule has 3 aromatic carbocycles. The molecule has 0 aromatic heterocycles. The molecule has 1 atom stereocenters. The molecule has 34 heavy (non-hydrogen) atoms. The van der Waals surface area contributed by atoms with Gasteiger partial charge in [-0.05, 0) is 41.8 Å². The Kier molecular flexibility index (Phi) is 5.55. The van der Waals surface area contributed by atoms with Gasteiger partial charge in [0.05, 0.1) is 0 Å². The summed E-state index contributed by atoms with van der Waals surface area (Å²) in [6.07, 6.45) is -0.238. The number of anilines is 1. The van der Waals surface area contributed by atoms with Gasteiger partial charge in [-0.15, -0.1) is 0 Å². The number of nitrogens with zero attached hydrogens (tertiary/aromatic N) is 1. The minimum Gasteiger partial charge on any atom is -0.410 e. The van der Waals surface area contributed by atoms with Gasteiger partial charge in [0.1, 0.15) is 11.8 Å². The monoisotopic (exact) mass is 455 g/mol. The number of nitrogens with one attached hydrogen (secondary N) is 2. The van der Waals surface area contributed by atoms with Crippen molar-refractivity contribution < 1.29 is 23.9 Å². The molecule has 0 bridgehead atoms. The van der Waals surface area contributed by atoms with Crippen LogP contribution in [0.2, 0.25) is 0 Å². The molecule has 1 fully saturated rings. The summed E-state index contributed by atoms with van der Waals surface area (Å²) in [5, 5.41) is 4.99. The molecule has 0 radical (unpaired) electrons. The molecule has 8 nitrogen and oxygen atoms in total. The smallest absolute Gasteiger partial charge is 0.410 e. The average molecular weight is 455 g/mol. The molecule has 5 rings (SSSR count). The number of piperidine rings is 1. The average Bonchev–Trinajstić information content (AvgIpc) is 3.17. The van der Waals surface area contributed by atoms with E-state index in [4.69, 9.17) is 4.74 Å². The Bertz CT molecular complexity index is 1290. The van der Waals surface area contributed by atoms with E-state index in [2.05, 4.69) is 10.6 Å². The van der Waals surface area contributed by atoms with Gasteiger partial charge in [0, 0.05) is 29.8 Å². The number of hydrogen-bond acceptors (Lipinski definition) is 5. The summed E-state index contributed by atoms with van der Waals surface area (Å²) < 4.78 is 5.42. The third-order valence-electron chi connectivity index (χ3n) is 5.99. The summed E-state index contributed by atoms with van der Waals surface area (Å²) in [4.78, 5) is 50.6. The fourth-order valence-electron chi connectivity index (χ4n) is 4.29. The highest BCUT2D eigenvalue weighted by atomic mass is 16.6. The zero-order valence-electron chi connectivity index (χ0n) is 18.1. The molecule has 0 spiro atoms. The van der Waals surface area contributed by atoms with Gasteiger partial charge >= 0.3 is 6.09 Å². The van der Waals surface area contributed by atoms with Gasteiger partial charge in [-0.1, -0.05) is 48.5 Å². The van der Waals surface area contributed by atoms with E-state index in [1.165, 1.54) is 4.90 Å². The van der Waals surface area contributed by atoms with Crippen LogP contribution in [0.25, 0.3) is 11.1 Å². The number of amides is 4. The molecule has 2 aliphatic heterocycles. The first-order valence-electron chi connectivity index (χ1n) is 10.9. The van der Waals surface area contributed by atoms with Crippen molar-refractivity contribution in [3.8, 4) is 16.9 Å². The van der Waals surface area contributed by atoms with Crippen molar-refractivity contribution in [2.24, 2.45) is 0 Å². The third-order valence-corrected chi connectivity index (χ3v) is 5.99. The van der Waals surface area contributed by atoms with E-state index < -0.39 is 18.0 Å². The number of imide groups is 1. The maximum absolute atomic E-state index is 12.9. The van der Waals surface area contributed by atoms with Crippen LogP contribution in [0.1, 0.15) is 28.8 Å². The van der Waals surface area contributed by atoms with Crippen molar-refractivity contribution in [2.45, 2.75) is 25.4 Å². The molecule has 0 aliphatic carbocycles. The highest BCUT2D eigenvalue weighted by Crippen LogP contribution is 2.32. The summed E-state index contributed by atoms with van der Waals surface area (Å²) in [6.45, 7) is 0.155. The summed E-state index contributed by atoms with van der Waals surface area (Å²) in [5.41, 5.74) is 3.51. The second kappa shape index (κ2) is 8.82. The van der Waals surface area contributed by atoms with Gasteiger partial charge in [0.25, 0.3) is 5.91 Å². The number of rotatable bonds is 4. The van der Waals surface area contributed by atoms with Crippen LogP contribution in [0.15, 0.2) is 72.8 Å². The Morgan fingerprint density at radius 2 is 1.65 bits per heavy atom. The van der Waals surface area contributed by atoms with E-state index in [1.54, 1.807) is 30.3 Å². The molecule has 2 heterocycles. The zero-order chi connectivity index (χ0) is 23.7. The Labute approximate surface area is 195 Å². The Morgan fingerprint density at radius 1 is 0.912 bits per heavy atom. The quantitative estimate of drug-likeness (QED) is 0.584. The van der Waals surface area contributed by atoms with Crippen LogP contribution in [0.5, 0.6) is 5.75 Å². The van der Waals surface area contributed by atoms with Crippen molar-refractivity contribution in [3.05, 3.63) is 83.9 Å². The number of carbonyl (C=O) groups excluding carboxylic acids is 4. The normalized spacial score (nSPS) is 17.2. The first-order chi connectivity index (χ1) is 16.5. The molecule has 4 amide bonds. The van der Waals surface area contributed by atoms with Crippen LogP contribution in [-0.4, -0.2) is 34.8 Å². The van der Waals surface area contributed by atoms with E-state index in [0.29, 0.717) is 22.6 Å². The SMILES string of the molecule is O=C1CCC(N2Cc3c(NC(=O)Oc4ccc(-c5ccccc5)cc4)cccc3C2=O)C(=O)N1. The molecule has 1 saturated heterocycles. The van der Waals surface area contributed by atoms with E-state index in [1.807, 2.05) is 42.5 Å². The number of hydrogen-bond donors (Lipinski definition) is 2. The molecule has 170 valence electrons. The molecule has 0 saturated carbocycles. The van der Waals surface area contributed by atoms with Gasteiger partial charge in [0.2, 0.25) is 11.8 Å². The van der Waals surface area contributed by atoms with Crippen LogP contribution in [0.3, 0.4) is 0 Å². The highest BCUT2D eigenvalue weighted by molar-refractivity contribution is 6.06. The molecular formula is C26H21N3O5. The van der Waals surface area contributed by atoms with Crippen LogP contribution in [0, 0.1) is 0 Å². The van der Waals surface area contributed by atoms with E-state index in [-0.39, 0.29) is 31.2 Å². The van der Waals surface area contributed by atoms with Crippen LogP contribution < -0.4 is 15.4 Å². The largest absolute Gasteiger partial charge is 0.417 e. The van der Waals surface area contributed by atoms with Crippen molar-refractivity contribution >= 4 is 29.5 Å². The Balaban J connectivity index is 1.28. The summed E-state index contributed by atoms with van der Waals surface area (Å²) >= 11 is 0. The molecule has 8 heteroatoms. The standard InChI is InChI=1S/C26H21N3O5/c30-23-14-13-22(24(31)28-23)29-15-20-19(25(29)32)7-4-8-21(20)27-26(33)34-18-11-9-17(10-12-18)16-5-2-1-3-6-16/h1-12,22H,13-15H2,(H,27,33)(H,28,30,31). The molecule has 1 unspecified atom stereocenters. The van der Waals surface area contributed by atoms with E-state index in [9.17, 15) is 19.2 Å². The zero-order valence-corrected chi connectivity index (χ0v) is 18.1. The number of benzene rings is 3. The lowest BCUT2D eigenvalue weighted by molar-refractivity contribution is -0.136. The number of carbonyl (C=O) groups is 4. The van der Waals surface area contributed by atoms with Crippen molar-refractivity contribution in [2.75, 3.05) is 5.32 Å². The maximum Gasteiger partial charge on any atom is 0.417 e. The third kappa shape index (κ3) is 4.13. The lowest BCUT2D eigenvalue weighted by atomic mass is 10.0. The summed E-state index contributed by atoms with van der Waals surface area (Å²) in [7, 11) is 0. The first-order valence-corrected chi connectivity index (χ1v) is 10.9. The van der Waals surface area contributed by atoms with Gasteiger partial charge in [-0.2, -0.15) is 0 Å². The summed E-state index contributed by atoms with van der Waals surface area (Å²) in [5.74, 6) is -0.749.